The Hall–Kier alpha value is -1.52. The van der Waals surface area contributed by atoms with Crippen molar-refractivity contribution in [3.63, 3.8) is 0 Å². The number of nitrogens with one attached hydrogen (secondary N) is 1. The number of anilines is 1. The van der Waals surface area contributed by atoms with Gasteiger partial charge in [0.05, 0.1) is 19.0 Å². The molecule has 1 aromatic rings. The first-order chi connectivity index (χ1) is 11.6. The zero-order chi connectivity index (χ0) is 18.8. The van der Waals surface area contributed by atoms with Crippen LogP contribution in [0, 0.1) is 5.41 Å². The molecule has 1 saturated heterocycles. The van der Waals surface area contributed by atoms with E-state index in [0.717, 1.165) is 11.3 Å². The molecule has 1 fully saturated rings. The van der Waals surface area contributed by atoms with Gasteiger partial charge in [-0.05, 0) is 0 Å². The molecule has 140 valence electrons. The first kappa shape index (κ1) is 19.8. The Kier molecular flexibility index (Phi) is 5.85. The highest BCUT2D eigenvalue weighted by Gasteiger charge is 2.31. The molecule has 0 aromatic carbocycles. The van der Waals surface area contributed by atoms with Crippen LogP contribution in [0.1, 0.15) is 37.4 Å². The van der Waals surface area contributed by atoms with Crippen LogP contribution >= 0.6 is 11.3 Å². The molecule has 1 aliphatic rings. The quantitative estimate of drug-likeness (QED) is 0.834. The standard InChI is InChI=1S/C15H23N3O5S2/c1-5-25(21,22)14-17-11(16-13(20)15(2,3)4)10(24-14)12(19)18-6-8-23-9-7-18/h5-9H2,1-4H3,(H,16,20). The smallest absolute Gasteiger partial charge is 0.268 e. The van der Waals surface area contributed by atoms with E-state index in [0.29, 0.717) is 26.3 Å². The summed E-state index contributed by atoms with van der Waals surface area (Å²) in [6.45, 7) is 8.36. The fourth-order valence-corrected chi connectivity index (χ4v) is 4.30. The predicted octanol–water partition coefficient (Wildman–Crippen LogP) is 1.39. The topological polar surface area (TPSA) is 106 Å². The van der Waals surface area contributed by atoms with E-state index in [1.54, 1.807) is 25.7 Å². The van der Waals surface area contributed by atoms with Crippen molar-refractivity contribution in [2.45, 2.75) is 32.0 Å². The summed E-state index contributed by atoms with van der Waals surface area (Å²) in [6, 6.07) is 0. The second kappa shape index (κ2) is 7.38. The zero-order valence-corrected chi connectivity index (χ0v) is 16.4. The third kappa shape index (κ3) is 4.56. The number of carbonyl (C=O) groups is 2. The molecule has 2 amide bonds. The third-order valence-electron chi connectivity index (χ3n) is 3.66. The van der Waals surface area contributed by atoms with Crippen molar-refractivity contribution in [3.05, 3.63) is 4.88 Å². The molecule has 2 rings (SSSR count). The molecule has 1 aliphatic heterocycles. The van der Waals surface area contributed by atoms with Crippen LogP contribution in [0.5, 0.6) is 0 Å². The Morgan fingerprint density at radius 3 is 2.40 bits per heavy atom. The van der Waals surface area contributed by atoms with Gasteiger partial charge < -0.3 is 15.0 Å². The second-order valence-electron chi connectivity index (χ2n) is 6.67. The van der Waals surface area contributed by atoms with Gasteiger partial charge in [-0.1, -0.05) is 39.0 Å². The number of amides is 2. The van der Waals surface area contributed by atoms with Crippen LogP contribution < -0.4 is 5.32 Å². The molecule has 25 heavy (non-hydrogen) atoms. The molecule has 0 saturated carbocycles. The van der Waals surface area contributed by atoms with Gasteiger partial charge in [0.2, 0.25) is 20.1 Å². The average molecular weight is 389 g/mol. The molecule has 1 N–H and O–H groups in total. The van der Waals surface area contributed by atoms with Crippen LogP contribution in [0.2, 0.25) is 0 Å². The molecule has 2 heterocycles. The Morgan fingerprint density at radius 2 is 1.88 bits per heavy atom. The van der Waals surface area contributed by atoms with Gasteiger partial charge >= 0.3 is 0 Å². The molecule has 8 nitrogen and oxygen atoms in total. The minimum absolute atomic E-state index is 0.00782. The van der Waals surface area contributed by atoms with E-state index in [1.165, 1.54) is 6.92 Å². The monoisotopic (exact) mass is 389 g/mol. The Balaban J connectivity index is 2.41. The van der Waals surface area contributed by atoms with E-state index < -0.39 is 15.3 Å². The number of carbonyl (C=O) groups excluding carboxylic acids is 2. The lowest BCUT2D eigenvalue weighted by molar-refractivity contribution is -0.123. The predicted molar refractivity (Wildman–Crippen MR) is 94.6 cm³/mol. The Morgan fingerprint density at radius 1 is 1.28 bits per heavy atom. The third-order valence-corrected chi connectivity index (χ3v) is 6.89. The number of rotatable bonds is 4. The number of hydrogen-bond acceptors (Lipinski definition) is 7. The number of hydrogen-bond donors (Lipinski definition) is 1. The highest BCUT2D eigenvalue weighted by atomic mass is 32.2. The van der Waals surface area contributed by atoms with E-state index in [4.69, 9.17) is 4.74 Å². The van der Waals surface area contributed by atoms with E-state index >= 15 is 0 Å². The molecule has 0 bridgehead atoms. The first-order valence-electron chi connectivity index (χ1n) is 7.98. The lowest BCUT2D eigenvalue weighted by Gasteiger charge is -2.26. The minimum atomic E-state index is -3.57. The van der Waals surface area contributed by atoms with Crippen molar-refractivity contribution in [1.82, 2.24) is 9.88 Å². The Labute approximate surface area is 151 Å². The first-order valence-corrected chi connectivity index (χ1v) is 10.4. The summed E-state index contributed by atoms with van der Waals surface area (Å²) in [4.78, 5) is 30.8. The van der Waals surface area contributed by atoms with Crippen LogP contribution in [0.4, 0.5) is 5.82 Å². The fraction of sp³-hybridized carbons (Fsp3) is 0.667. The van der Waals surface area contributed by atoms with Gasteiger partial charge in [0, 0.05) is 18.5 Å². The zero-order valence-electron chi connectivity index (χ0n) is 14.8. The Bertz CT molecular complexity index is 759. The van der Waals surface area contributed by atoms with E-state index in [1.807, 2.05) is 0 Å². The van der Waals surface area contributed by atoms with Crippen LogP contribution in [-0.2, 0) is 19.4 Å². The fourth-order valence-electron chi connectivity index (χ4n) is 1.99. The van der Waals surface area contributed by atoms with Gasteiger partial charge in [-0.15, -0.1) is 0 Å². The molecule has 0 radical (unpaired) electrons. The van der Waals surface area contributed by atoms with E-state index in [-0.39, 0.29) is 32.6 Å². The van der Waals surface area contributed by atoms with Crippen LogP contribution in [0.25, 0.3) is 0 Å². The van der Waals surface area contributed by atoms with Crippen LogP contribution in [0.3, 0.4) is 0 Å². The summed E-state index contributed by atoms with van der Waals surface area (Å²) in [5.74, 6) is -0.802. The summed E-state index contributed by atoms with van der Waals surface area (Å²) in [6.07, 6.45) is 0. The van der Waals surface area contributed by atoms with Gasteiger partial charge in [0.15, 0.2) is 5.82 Å². The highest BCUT2D eigenvalue weighted by Crippen LogP contribution is 2.30. The summed E-state index contributed by atoms with van der Waals surface area (Å²) in [7, 11) is -3.57. The van der Waals surface area contributed by atoms with Gasteiger partial charge in [0.25, 0.3) is 5.91 Å². The van der Waals surface area contributed by atoms with Crippen molar-refractivity contribution < 1.29 is 22.7 Å². The molecular formula is C15H23N3O5S2. The number of morpholine rings is 1. The van der Waals surface area contributed by atoms with Crippen molar-refractivity contribution >= 4 is 38.8 Å². The average Bonchev–Trinajstić information content (AvgIpc) is 2.98. The number of ether oxygens (including phenoxy) is 1. The van der Waals surface area contributed by atoms with Crippen LogP contribution in [-0.4, -0.2) is 62.2 Å². The highest BCUT2D eigenvalue weighted by molar-refractivity contribution is 7.93. The van der Waals surface area contributed by atoms with Crippen molar-refractivity contribution in [2.75, 3.05) is 37.4 Å². The van der Waals surface area contributed by atoms with E-state index in [9.17, 15) is 18.0 Å². The lowest BCUT2D eigenvalue weighted by Crippen LogP contribution is -2.40. The van der Waals surface area contributed by atoms with Crippen molar-refractivity contribution in [3.8, 4) is 0 Å². The summed E-state index contributed by atoms with van der Waals surface area (Å²) in [5, 5.41) is 2.60. The lowest BCUT2D eigenvalue weighted by atomic mass is 9.96. The van der Waals surface area contributed by atoms with Gasteiger partial charge in [-0.3, -0.25) is 9.59 Å². The van der Waals surface area contributed by atoms with Crippen LogP contribution in [0.15, 0.2) is 4.34 Å². The molecule has 0 spiro atoms. The number of aromatic nitrogens is 1. The summed E-state index contributed by atoms with van der Waals surface area (Å²) < 4.78 is 29.4. The molecule has 10 heteroatoms. The van der Waals surface area contributed by atoms with Gasteiger partial charge in [-0.25, -0.2) is 13.4 Å². The van der Waals surface area contributed by atoms with Crippen molar-refractivity contribution in [1.29, 1.82) is 0 Å². The van der Waals surface area contributed by atoms with E-state index in [2.05, 4.69) is 10.3 Å². The molecule has 0 aliphatic carbocycles. The molecular weight excluding hydrogens is 366 g/mol. The summed E-state index contributed by atoms with van der Waals surface area (Å²) >= 11 is 0.800. The summed E-state index contributed by atoms with van der Waals surface area (Å²) in [5.41, 5.74) is -0.702. The number of sulfone groups is 1. The van der Waals surface area contributed by atoms with Crippen molar-refractivity contribution in [2.24, 2.45) is 5.41 Å². The maximum Gasteiger partial charge on any atom is 0.268 e. The number of nitrogens with zero attached hydrogens (tertiary/aromatic N) is 2. The normalized spacial score (nSPS) is 15.9. The number of thiazole rings is 1. The molecule has 0 atom stereocenters. The second-order valence-corrected chi connectivity index (χ2v) is 10.1. The molecule has 0 unspecified atom stereocenters. The van der Waals surface area contributed by atoms with Gasteiger partial charge in [0.1, 0.15) is 4.88 Å². The largest absolute Gasteiger partial charge is 0.378 e. The van der Waals surface area contributed by atoms with Gasteiger partial charge in [-0.2, -0.15) is 0 Å². The SMILES string of the molecule is CCS(=O)(=O)c1nc(NC(=O)C(C)(C)C)c(C(=O)N2CCOCC2)s1. The minimum Gasteiger partial charge on any atom is -0.378 e. The maximum atomic E-state index is 12.8. The maximum absolute atomic E-state index is 12.8. The molecule has 1 aromatic heterocycles.